The van der Waals surface area contributed by atoms with Gasteiger partial charge in [-0.3, -0.25) is 0 Å². The van der Waals surface area contributed by atoms with E-state index in [-0.39, 0.29) is 0 Å². The molecule has 1 N–H and O–H groups in total. The summed E-state index contributed by atoms with van der Waals surface area (Å²) in [5.41, 5.74) is 4.48. The van der Waals surface area contributed by atoms with E-state index in [1.807, 2.05) is 13.0 Å². The number of nitrogens with one attached hydrogen (secondary N) is 1. The summed E-state index contributed by atoms with van der Waals surface area (Å²) < 4.78 is 0. The summed E-state index contributed by atoms with van der Waals surface area (Å²) in [6, 6.07) is 6.23. The Kier molecular flexibility index (Phi) is 3.82. The van der Waals surface area contributed by atoms with Crippen molar-refractivity contribution in [3.63, 3.8) is 0 Å². The molecule has 0 aliphatic heterocycles. The molecule has 18 heavy (non-hydrogen) atoms. The molecule has 0 aliphatic rings. The second kappa shape index (κ2) is 5.36. The van der Waals surface area contributed by atoms with Crippen LogP contribution in [0.3, 0.4) is 0 Å². The number of aromatic nitrogens is 2. The Balaban J connectivity index is 2.34. The smallest absolute Gasteiger partial charge is 0.138 e. The zero-order valence-corrected chi connectivity index (χ0v) is 11.5. The lowest BCUT2D eigenvalue weighted by molar-refractivity contribution is 1.05. The van der Waals surface area contributed by atoms with Gasteiger partial charge in [-0.05, 0) is 43.5 Å². The van der Waals surface area contributed by atoms with Crippen molar-refractivity contribution in [2.24, 2.45) is 0 Å². The minimum Gasteiger partial charge on any atom is -0.340 e. The number of halogens is 1. The van der Waals surface area contributed by atoms with E-state index in [1.165, 1.54) is 17.5 Å². The van der Waals surface area contributed by atoms with E-state index >= 15 is 0 Å². The Morgan fingerprint density at radius 2 is 1.94 bits per heavy atom. The van der Waals surface area contributed by atoms with Crippen LogP contribution in [0.15, 0.2) is 24.5 Å². The Labute approximate surface area is 112 Å². The molecule has 0 radical (unpaired) electrons. The SMILES string of the molecule is CCc1c(Cl)ncnc1Nc1ccc(C)c(C)c1. The molecule has 4 heteroatoms. The third-order valence-electron chi connectivity index (χ3n) is 3.02. The molecule has 0 spiro atoms. The second-order valence-corrected chi connectivity index (χ2v) is 4.63. The first kappa shape index (κ1) is 12.8. The van der Waals surface area contributed by atoms with Gasteiger partial charge in [0.1, 0.15) is 17.3 Å². The first-order chi connectivity index (χ1) is 8.61. The molecular weight excluding hydrogens is 246 g/mol. The lowest BCUT2D eigenvalue weighted by Crippen LogP contribution is -2.01. The molecule has 1 aromatic heterocycles. The number of anilines is 2. The second-order valence-electron chi connectivity index (χ2n) is 4.27. The highest BCUT2D eigenvalue weighted by molar-refractivity contribution is 6.30. The fraction of sp³-hybridized carbons (Fsp3) is 0.286. The van der Waals surface area contributed by atoms with Crippen LogP contribution in [-0.2, 0) is 6.42 Å². The zero-order valence-electron chi connectivity index (χ0n) is 10.8. The van der Waals surface area contributed by atoms with Crippen LogP contribution in [0, 0.1) is 13.8 Å². The first-order valence-electron chi connectivity index (χ1n) is 5.95. The fourth-order valence-corrected chi connectivity index (χ4v) is 2.03. The highest BCUT2D eigenvalue weighted by Gasteiger charge is 2.08. The van der Waals surface area contributed by atoms with Gasteiger partial charge in [0.15, 0.2) is 0 Å². The van der Waals surface area contributed by atoms with E-state index in [0.29, 0.717) is 5.15 Å². The number of hydrogen-bond donors (Lipinski definition) is 1. The van der Waals surface area contributed by atoms with Crippen molar-refractivity contribution in [1.29, 1.82) is 0 Å². The highest BCUT2D eigenvalue weighted by Crippen LogP contribution is 2.24. The predicted molar refractivity (Wildman–Crippen MR) is 75.6 cm³/mol. The largest absolute Gasteiger partial charge is 0.340 e. The minimum absolute atomic E-state index is 0.513. The summed E-state index contributed by atoms with van der Waals surface area (Å²) in [6.07, 6.45) is 2.28. The number of aryl methyl sites for hydroxylation is 2. The van der Waals surface area contributed by atoms with Crippen LogP contribution in [0.2, 0.25) is 5.15 Å². The van der Waals surface area contributed by atoms with E-state index in [1.54, 1.807) is 0 Å². The Morgan fingerprint density at radius 3 is 2.61 bits per heavy atom. The van der Waals surface area contributed by atoms with Gasteiger partial charge < -0.3 is 5.32 Å². The summed E-state index contributed by atoms with van der Waals surface area (Å²) in [5, 5.41) is 3.81. The van der Waals surface area contributed by atoms with Crippen LogP contribution in [0.4, 0.5) is 11.5 Å². The van der Waals surface area contributed by atoms with Crippen molar-refractivity contribution in [1.82, 2.24) is 9.97 Å². The molecule has 2 aromatic rings. The molecule has 0 amide bonds. The average molecular weight is 262 g/mol. The number of benzene rings is 1. The molecule has 3 nitrogen and oxygen atoms in total. The van der Waals surface area contributed by atoms with E-state index in [4.69, 9.17) is 11.6 Å². The molecule has 0 unspecified atom stereocenters. The normalized spacial score (nSPS) is 10.4. The first-order valence-corrected chi connectivity index (χ1v) is 6.33. The molecule has 0 saturated carbocycles. The topological polar surface area (TPSA) is 37.8 Å². The highest BCUT2D eigenvalue weighted by atomic mass is 35.5. The van der Waals surface area contributed by atoms with Crippen molar-refractivity contribution in [3.05, 3.63) is 46.4 Å². The lowest BCUT2D eigenvalue weighted by atomic mass is 10.1. The third kappa shape index (κ3) is 2.62. The Hall–Kier alpha value is -1.61. The Morgan fingerprint density at radius 1 is 1.17 bits per heavy atom. The van der Waals surface area contributed by atoms with Gasteiger partial charge >= 0.3 is 0 Å². The van der Waals surface area contributed by atoms with Gasteiger partial charge in [0.05, 0.1) is 0 Å². The van der Waals surface area contributed by atoms with Gasteiger partial charge in [0, 0.05) is 11.3 Å². The van der Waals surface area contributed by atoms with Crippen molar-refractivity contribution in [2.45, 2.75) is 27.2 Å². The quantitative estimate of drug-likeness (QED) is 0.847. The van der Waals surface area contributed by atoms with Crippen LogP contribution in [0.1, 0.15) is 23.6 Å². The molecule has 0 aliphatic carbocycles. The summed E-state index contributed by atoms with van der Waals surface area (Å²) in [4.78, 5) is 8.25. The predicted octanol–water partition coefficient (Wildman–Crippen LogP) is 4.05. The molecule has 2 rings (SSSR count). The number of nitrogens with zero attached hydrogens (tertiary/aromatic N) is 2. The van der Waals surface area contributed by atoms with Crippen molar-refractivity contribution in [3.8, 4) is 0 Å². The average Bonchev–Trinajstić information content (AvgIpc) is 2.34. The summed E-state index contributed by atoms with van der Waals surface area (Å²) in [6.45, 7) is 6.22. The maximum atomic E-state index is 6.06. The van der Waals surface area contributed by atoms with Gasteiger partial charge in [-0.2, -0.15) is 0 Å². The van der Waals surface area contributed by atoms with Gasteiger partial charge in [0.25, 0.3) is 0 Å². The van der Waals surface area contributed by atoms with Crippen molar-refractivity contribution >= 4 is 23.1 Å². The molecule has 1 heterocycles. The van der Waals surface area contributed by atoms with Crippen LogP contribution < -0.4 is 5.32 Å². The summed E-state index contributed by atoms with van der Waals surface area (Å²) >= 11 is 6.06. The third-order valence-corrected chi connectivity index (χ3v) is 3.34. The molecule has 94 valence electrons. The standard InChI is InChI=1S/C14H16ClN3/c1-4-12-13(15)16-8-17-14(12)18-11-6-5-9(2)10(3)7-11/h5-8H,4H2,1-3H3,(H,16,17,18). The molecule has 1 aromatic carbocycles. The van der Waals surface area contributed by atoms with E-state index < -0.39 is 0 Å². The lowest BCUT2D eigenvalue weighted by Gasteiger charge is -2.11. The zero-order chi connectivity index (χ0) is 13.1. The molecule has 0 saturated heterocycles. The molecule has 0 fully saturated rings. The monoisotopic (exact) mass is 261 g/mol. The van der Waals surface area contributed by atoms with Gasteiger partial charge in [-0.15, -0.1) is 0 Å². The van der Waals surface area contributed by atoms with Gasteiger partial charge in [0.2, 0.25) is 0 Å². The maximum Gasteiger partial charge on any atom is 0.138 e. The van der Waals surface area contributed by atoms with Crippen molar-refractivity contribution < 1.29 is 0 Å². The van der Waals surface area contributed by atoms with Gasteiger partial charge in [-0.25, -0.2) is 9.97 Å². The van der Waals surface area contributed by atoms with Gasteiger partial charge in [-0.1, -0.05) is 24.6 Å². The van der Waals surface area contributed by atoms with Crippen LogP contribution >= 0.6 is 11.6 Å². The number of rotatable bonds is 3. The number of hydrogen-bond acceptors (Lipinski definition) is 3. The minimum atomic E-state index is 0.513. The van der Waals surface area contributed by atoms with E-state index in [0.717, 1.165) is 23.5 Å². The summed E-state index contributed by atoms with van der Waals surface area (Å²) in [7, 11) is 0. The maximum absolute atomic E-state index is 6.06. The molecular formula is C14H16ClN3. The van der Waals surface area contributed by atoms with Crippen LogP contribution in [0.5, 0.6) is 0 Å². The van der Waals surface area contributed by atoms with Crippen LogP contribution in [-0.4, -0.2) is 9.97 Å². The fourth-order valence-electron chi connectivity index (χ4n) is 1.77. The summed E-state index contributed by atoms with van der Waals surface area (Å²) in [5.74, 6) is 0.778. The van der Waals surface area contributed by atoms with Crippen molar-refractivity contribution in [2.75, 3.05) is 5.32 Å². The van der Waals surface area contributed by atoms with E-state index in [9.17, 15) is 0 Å². The molecule has 0 atom stereocenters. The Bertz CT molecular complexity index is 567. The molecule has 0 bridgehead atoms. The van der Waals surface area contributed by atoms with E-state index in [2.05, 4.69) is 41.3 Å². The van der Waals surface area contributed by atoms with Crippen LogP contribution in [0.25, 0.3) is 0 Å².